The predicted octanol–water partition coefficient (Wildman–Crippen LogP) is 6.69. The molecule has 40 heavy (non-hydrogen) atoms. The Labute approximate surface area is 241 Å². The lowest BCUT2D eigenvalue weighted by atomic mass is 10.1. The summed E-state index contributed by atoms with van der Waals surface area (Å²) in [6.45, 7) is -0.404. The molecule has 0 aliphatic heterocycles. The van der Waals surface area contributed by atoms with E-state index >= 15 is 0 Å². The van der Waals surface area contributed by atoms with Crippen LogP contribution in [0.25, 0.3) is 33.8 Å². The van der Waals surface area contributed by atoms with Gasteiger partial charge < -0.3 is 19.4 Å². The molecule has 0 spiro atoms. The van der Waals surface area contributed by atoms with E-state index in [0.717, 1.165) is 45.0 Å². The van der Waals surface area contributed by atoms with E-state index in [2.05, 4.69) is 25.9 Å². The largest absolute Gasteiger partial charge is 0.497 e. The summed E-state index contributed by atoms with van der Waals surface area (Å²) < 4.78 is 36.5. The zero-order chi connectivity index (χ0) is 28.4. The van der Waals surface area contributed by atoms with Gasteiger partial charge in [0, 0.05) is 45.1 Å². The lowest BCUT2D eigenvalue weighted by Crippen LogP contribution is -1.95. The number of nitrogens with zero attached hydrogens (tertiary/aromatic N) is 4. The minimum atomic E-state index is -0.728. The molecule has 0 saturated carbocycles. The normalized spacial score (nSPS) is 11.1. The SMILES string of the molecule is COc1cccc(-c2nc3ccc(Br)cn3c2CO)c1.OCc1c(-c2ccc(F)cc2F)nc2cc(Cl)ccn12. The van der Waals surface area contributed by atoms with Crippen LogP contribution < -0.4 is 4.74 Å². The molecule has 0 atom stereocenters. The fourth-order valence-corrected chi connectivity index (χ4v) is 4.83. The number of rotatable bonds is 5. The summed E-state index contributed by atoms with van der Waals surface area (Å²) >= 11 is 9.32. The number of benzene rings is 2. The Morgan fingerprint density at radius 2 is 1.62 bits per heavy atom. The summed E-state index contributed by atoms with van der Waals surface area (Å²) in [5, 5.41) is 19.7. The number of ether oxygens (including phenoxy) is 1. The Morgan fingerprint density at radius 1 is 0.875 bits per heavy atom. The minimum absolute atomic E-state index is 0.0792. The van der Waals surface area contributed by atoms with Crippen LogP contribution in [0.5, 0.6) is 5.75 Å². The van der Waals surface area contributed by atoms with Crippen LogP contribution in [-0.2, 0) is 13.2 Å². The molecule has 0 aliphatic rings. The smallest absolute Gasteiger partial charge is 0.139 e. The summed E-state index contributed by atoms with van der Waals surface area (Å²) in [6.07, 6.45) is 3.54. The zero-order valence-electron chi connectivity index (χ0n) is 21.0. The van der Waals surface area contributed by atoms with E-state index in [1.807, 2.05) is 47.0 Å². The molecule has 2 aromatic carbocycles. The minimum Gasteiger partial charge on any atom is -0.497 e. The molecule has 0 bridgehead atoms. The Morgan fingerprint density at radius 3 is 2.35 bits per heavy atom. The summed E-state index contributed by atoms with van der Waals surface area (Å²) in [5.41, 5.74) is 4.56. The quantitative estimate of drug-likeness (QED) is 0.223. The molecule has 7 nitrogen and oxygen atoms in total. The lowest BCUT2D eigenvalue weighted by Gasteiger charge is -2.04. The molecule has 2 N–H and O–H groups in total. The van der Waals surface area contributed by atoms with E-state index in [1.54, 1.807) is 29.8 Å². The van der Waals surface area contributed by atoms with E-state index in [1.165, 1.54) is 6.07 Å². The van der Waals surface area contributed by atoms with Gasteiger partial charge in [0.15, 0.2) is 0 Å². The van der Waals surface area contributed by atoms with Crippen LogP contribution in [0.1, 0.15) is 11.4 Å². The van der Waals surface area contributed by atoms with Crippen LogP contribution in [-0.4, -0.2) is 36.1 Å². The van der Waals surface area contributed by atoms with Crippen LogP contribution in [0.3, 0.4) is 0 Å². The van der Waals surface area contributed by atoms with Crippen LogP contribution in [0.2, 0.25) is 5.02 Å². The summed E-state index contributed by atoms with van der Waals surface area (Å²) in [6, 6.07) is 18.0. The molecular weight excluding hydrogens is 606 g/mol. The molecule has 6 rings (SSSR count). The van der Waals surface area contributed by atoms with Crippen LogP contribution >= 0.6 is 27.5 Å². The number of hydrogen-bond acceptors (Lipinski definition) is 5. The Hall–Kier alpha value is -3.83. The highest BCUT2D eigenvalue weighted by molar-refractivity contribution is 9.10. The molecule has 204 valence electrons. The second kappa shape index (κ2) is 11.7. The molecule has 0 aliphatic carbocycles. The second-order valence-corrected chi connectivity index (χ2v) is 9.99. The van der Waals surface area contributed by atoms with Gasteiger partial charge in [-0.15, -0.1) is 0 Å². The van der Waals surface area contributed by atoms with Crippen molar-refractivity contribution in [3.8, 4) is 28.3 Å². The molecule has 4 aromatic heterocycles. The highest BCUT2D eigenvalue weighted by atomic mass is 79.9. The van der Waals surface area contributed by atoms with E-state index < -0.39 is 11.6 Å². The maximum atomic E-state index is 13.9. The van der Waals surface area contributed by atoms with Crippen molar-refractivity contribution in [1.29, 1.82) is 0 Å². The fourth-order valence-electron chi connectivity index (χ4n) is 4.34. The Kier molecular flexibility index (Phi) is 8.13. The van der Waals surface area contributed by atoms with Gasteiger partial charge in [-0.3, -0.25) is 4.40 Å². The maximum absolute atomic E-state index is 13.9. The predicted molar refractivity (Wildman–Crippen MR) is 152 cm³/mol. The van der Waals surface area contributed by atoms with Crippen molar-refractivity contribution in [2.75, 3.05) is 7.11 Å². The average molecular weight is 628 g/mol. The van der Waals surface area contributed by atoms with Gasteiger partial charge in [0.25, 0.3) is 0 Å². The third-order valence-electron chi connectivity index (χ3n) is 6.20. The van der Waals surface area contributed by atoms with Crippen molar-refractivity contribution in [3.05, 3.63) is 112 Å². The topological polar surface area (TPSA) is 84.3 Å². The van der Waals surface area contributed by atoms with Crippen molar-refractivity contribution in [3.63, 3.8) is 0 Å². The molecule has 0 radical (unpaired) electrons. The molecule has 0 fully saturated rings. The van der Waals surface area contributed by atoms with E-state index in [-0.39, 0.29) is 24.5 Å². The first kappa shape index (κ1) is 27.7. The first-order valence-corrected chi connectivity index (χ1v) is 13.1. The summed E-state index contributed by atoms with van der Waals surface area (Å²) in [5.74, 6) is -0.623. The van der Waals surface area contributed by atoms with Crippen LogP contribution in [0.15, 0.2) is 83.6 Å². The summed E-state index contributed by atoms with van der Waals surface area (Å²) in [4.78, 5) is 8.86. The van der Waals surface area contributed by atoms with E-state index in [4.69, 9.17) is 16.3 Å². The number of aromatic nitrogens is 4. The molecule has 6 aromatic rings. The maximum Gasteiger partial charge on any atom is 0.139 e. The molecule has 0 saturated heterocycles. The van der Waals surface area contributed by atoms with Gasteiger partial charge in [0.05, 0.1) is 43.1 Å². The van der Waals surface area contributed by atoms with Crippen molar-refractivity contribution in [2.45, 2.75) is 13.2 Å². The standard InChI is InChI=1S/C15H13BrN2O2.C14H9ClF2N2O/c1-20-12-4-2-3-10(7-12)15-13(9-19)18-8-11(16)5-6-14(18)17-15;15-8-3-4-19-12(7-20)14(18-13(19)5-8)10-2-1-9(16)6-11(10)17/h2-8,19H,9H2,1H3;1-6,20H,7H2. The van der Waals surface area contributed by atoms with Crippen molar-refractivity contribution >= 4 is 38.8 Å². The van der Waals surface area contributed by atoms with Crippen molar-refractivity contribution < 1.29 is 23.7 Å². The van der Waals surface area contributed by atoms with Crippen LogP contribution in [0.4, 0.5) is 8.78 Å². The number of methoxy groups -OCH3 is 1. The number of aliphatic hydroxyl groups is 2. The second-order valence-electron chi connectivity index (χ2n) is 8.64. The number of halogens is 4. The van der Waals surface area contributed by atoms with E-state index in [0.29, 0.717) is 16.4 Å². The highest BCUT2D eigenvalue weighted by Gasteiger charge is 2.17. The molecule has 0 amide bonds. The molecule has 0 unspecified atom stereocenters. The van der Waals surface area contributed by atoms with Gasteiger partial charge >= 0.3 is 0 Å². The summed E-state index contributed by atoms with van der Waals surface area (Å²) in [7, 11) is 1.63. The van der Waals surface area contributed by atoms with Gasteiger partial charge in [0.2, 0.25) is 0 Å². The van der Waals surface area contributed by atoms with Crippen LogP contribution in [0, 0.1) is 11.6 Å². The van der Waals surface area contributed by atoms with Gasteiger partial charge in [-0.05, 0) is 58.4 Å². The van der Waals surface area contributed by atoms with Gasteiger partial charge in [-0.25, -0.2) is 18.7 Å². The average Bonchev–Trinajstić information content (AvgIpc) is 3.50. The lowest BCUT2D eigenvalue weighted by molar-refractivity contribution is 0.276. The highest BCUT2D eigenvalue weighted by Crippen LogP contribution is 2.29. The third-order valence-corrected chi connectivity index (χ3v) is 6.90. The Bertz CT molecular complexity index is 1840. The number of hydrogen-bond donors (Lipinski definition) is 2. The third kappa shape index (κ3) is 5.44. The Balaban J connectivity index is 0.000000161. The first-order valence-electron chi connectivity index (χ1n) is 12.0. The van der Waals surface area contributed by atoms with Crippen molar-refractivity contribution in [1.82, 2.24) is 18.8 Å². The first-order chi connectivity index (χ1) is 19.3. The van der Waals surface area contributed by atoms with Crippen molar-refractivity contribution in [2.24, 2.45) is 0 Å². The van der Waals surface area contributed by atoms with Gasteiger partial charge in [0.1, 0.15) is 28.7 Å². The monoisotopic (exact) mass is 626 g/mol. The van der Waals surface area contributed by atoms with E-state index in [9.17, 15) is 19.0 Å². The van der Waals surface area contributed by atoms with Gasteiger partial charge in [-0.2, -0.15) is 0 Å². The molecule has 4 heterocycles. The fraction of sp³-hybridized carbons (Fsp3) is 0.103. The van der Waals surface area contributed by atoms with Gasteiger partial charge in [-0.1, -0.05) is 23.7 Å². The number of imidazole rings is 2. The number of fused-ring (bicyclic) bond motifs is 2. The zero-order valence-corrected chi connectivity index (χ0v) is 23.4. The molecule has 11 heteroatoms. The molecular formula is C29H22BrClF2N4O3. The number of pyridine rings is 2. The number of aliphatic hydroxyl groups excluding tert-OH is 2.